The van der Waals surface area contributed by atoms with E-state index >= 15 is 0 Å². The zero-order chi connectivity index (χ0) is 13.0. The van der Waals surface area contributed by atoms with Crippen LogP contribution in [0.2, 0.25) is 0 Å². The number of ether oxygens (including phenoxy) is 1. The number of nitrogens with one attached hydrogen (secondary N) is 1. The molecule has 2 fully saturated rings. The highest BCUT2D eigenvalue weighted by Gasteiger charge is 2.25. The third-order valence-corrected chi connectivity index (χ3v) is 4.58. The molecule has 3 atom stereocenters. The maximum atomic E-state index is 5.49. The molecular weight excluding hydrogens is 226 g/mol. The van der Waals surface area contributed by atoms with Crippen molar-refractivity contribution in [3.63, 3.8) is 0 Å². The van der Waals surface area contributed by atoms with Crippen molar-refractivity contribution in [2.45, 2.75) is 43.9 Å². The molecule has 0 amide bonds. The molecule has 2 rings (SSSR count). The molecule has 0 aromatic carbocycles. The number of piperazine rings is 1. The molecule has 3 unspecified atom stereocenters. The summed E-state index contributed by atoms with van der Waals surface area (Å²) in [7, 11) is 6.32. The van der Waals surface area contributed by atoms with Crippen LogP contribution in [-0.4, -0.2) is 75.4 Å². The Kier molecular flexibility index (Phi) is 5.42. The lowest BCUT2D eigenvalue weighted by Gasteiger charge is -2.39. The van der Waals surface area contributed by atoms with Crippen LogP contribution in [0.25, 0.3) is 0 Å². The van der Waals surface area contributed by atoms with Crippen molar-refractivity contribution < 1.29 is 4.74 Å². The van der Waals surface area contributed by atoms with E-state index < -0.39 is 0 Å². The fraction of sp³-hybridized carbons (Fsp3) is 1.00. The Labute approximate surface area is 112 Å². The normalized spacial score (nSPS) is 35.8. The van der Waals surface area contributed by atoms with Gasteiger partial charge in [-0.05, 0) is 39.8 Å². The number of methoxy groups -OCH3 is 1. The van der Waals surface area contributed by atoms with E-state index in [1.165, 1.54) is 45.3 Å². The molecule has 0 bridgehead atoms. The molecule has 1 saturated heterocycles. The molecule has 0 aromatic rings. The molecule has 2 aliphatic rings. The summed E-state index contributed by atoms with van der Waals surface area (Å²) in [6.45, 7) is 4.68. The number of rotatable bonds is 4. The SMILES string of the molecule is COC1CCCC(NCC2CN(C)CCN2C)C1. The van der Waals surface area contributed by atoms with Gasteiger partial charge < -0.3 is 15.0 Å². The lowest BCUT2D eigenvalue weighted by Crippen LogP contribution is -2.55. The van der Waals surface area contributed by atoms with Crippen molar-refractivity contribution in [1.82, 2.24) is 15.1 Å². The largest absolute Gasteiger partial charge is 0.381 e. The van der Waals surface area contributed by atoms with Crippen molar-refractivity contribution in [1.29, 1.82) is 0 Å². The van der Waals surface area contributed by atoms with Crippen molar-refractivity contribution in [2.75, 3.05) is 47.4 Å². The standard InChI is InChI=1S/C14H29N3O/c1-16-7-8-17(2)13(11-16)10-15-12-5-4-6-14(9-12)18-3/h12-15H,4-11H2,1-3H3. The summed E-state index contributed by atoms with van der Waals surface area (Å²) in [5.74, 6) is 0. The van der Waals surface area contributed by atoms with E-state index in [0.29, 0.717) is 18.2 Å². The number of nitrogens with zero attached hydrogens (tertiary/aromatic N) is 2. The highest BCUT2D eigenvalue weighted by Crippen LogP contribution is 2.20. The van der Waals surface area contributed by atoms with Gasteiger partial charge in [0.05, 0.1) is 6.10 Å². The Hall–Kier alpha value is -0.160. The maximum absolute atomic E-state index is 5.49. The van der Waals surface area contributed by atoms with Crippen LogP contribution >= 0.6 is 0 Å². The van der Waals surface area contributed by atoms with Gasteiger partial charge in [-0.1, -0.05) is 0 Å². The van der Waals surface area contributed by atoms with Crippen molar-refractivity contribution in [3.8, 4) is 0 Å². The summed E-state index contributed by atoms with van der Waals surface area (Å²) in [5, 5.41) is 3.76. The number of likely N-dealkylation sites (N-methyl/N-ethyl adjacent to an activating group) is 2. The second kappa shape index (κ2) is 6.85. The van der Waals surface area contributed by atoms with Gasteiger partial charge in [-0.15, -0.1) is 0 Å². The average molecular weight is 255 g/mol. The summed E-state index contributed by atoms with van der Waals surface area (Å²) in [6, 6.07) is 1.32. The molecule has 4 heteroatoms. The average Bonchev–Trinajstić information content (AvgIpc) is 2.40. The quantitative estimate of drug-likeness (QED) is 0.803. The van der Waals surface area contributed by atoms with E-state index in [-0.39, 0.29) is 0 Å². The minimum atomic E-state index is 0.475. The van der Waals surface area contributed by atoms with E-state index in [1.807, 2.05) is 7.11 Å². The van der Waals surface area contributed by atoms with E-state index in [4.69, 9.17) is 4.74 Å². The van der Waals surface area contributed by atoms with Crippen molar-refractivity contribution in [3.05, 3.63) is 0 Å². The fourth-order valence-corrected chi connectivity index (χ4v) is 3.17. The van der Waals surface area contributed by atoms with Gasteiger partial charge in [0.1, 0.15) is 0 Å². The molecule has 0 radical (unpaired) electrons. The molecule has 0 spiro atoms. The molecule has 4 nitrogen and oxygen atoms in total. The van der Waals surface area contributed by atoms with Gasteiger partial charge in [-0.2, -0.15) is 0 Å². The van der Waals surface area contributed by atoms with Gasteiger partial charge in [0, 0.05) is 45.4 Å². The first-order valence-electron chi connectivity index (χ1n) is 7.34. The Bertz CT molecular complexity index is 249. The Balaban J connectivity index is 1.73. The van der Waals surface area contributed by atoms with Crippen LogP contribution in [0.3, 0.4) is 0 Å². The summed E-state index contributed by atoms with van der Waals surface area (Å²) in [4.78, 5) is 4.93. The maximum Gasteiger partial charge on any atom is 0.0586 e. The Morgan fingerprint density at radius 2 is 2.06 bits per heavy atom. The number of hydrogen-bond acceptors (Lipinski definition) is 4. The minimum absolute atomic E-state index is 0.475. The third-order valence-electron chi connectivity index (χ3n) is 4.58. The van der Waals surface area contributed by atoms with Gasteiger partial charge in [0.2, 0.25) is 0 Å². The second-order valence-electron chi connectivity index (χ2n) is 6.03. The first-order chi connectivity index (χ1) is 8.69. The van der Waals surface area contributed by atoms with Gasteiger partial charge in [-0.3, -0.25) is 4.90 Å². The van der Waals surface area contributed by atoms with Crippen LogP contribution in [0.1, 0.15) is 25.7 Å². The van der Waals surface area contributed by atoms with Crippen LogP contribution in [0.4, 0.5) is 0 Å². The van der Waals surface area contributed by atoms with E-state index in [1.54, 1.807) is 0 Å². The van der Waals surface area contributed by atoms with Crippen LogP contribution in [-0.2, 0) is 4.74 Å². The molecule has 0 aromatic heterocycles. The van der Waals surface area contributed by atoms with Gasteiger partial charge in [0.25, 0.3) is 0 Å². The van der Waals surface area contributed by atoms with Crippen LogP contribution in [0.15, 0.2) is 0 Å². The van der Waals surface area contributed by atoms with Gasteiger partial charge in [-0.25, -0.2) is 0 Å². The molecular formula is C14H29N3O. The summed E-state index contributed by atoms with van der Waals surface area (Å²) in [6.07, 6.45) is 5.51. The number of hydrogen-bond donors (Lipinski definition) is 1. The highest BCUT2D eigenvalue weighted by molar-refractivity contribution is 4.84. The molecule has 1 aliphatic carbocycles. The first-order valence-corrected chi connectivity index (χ1v) is 7.34. The van der Waals surface area contributed by atoms with Gasteiger partial charge >= 0.3 is 0 Å². The Morgan fingerprint density at radius 1 is 1.22 bits per heavy atom. The van der Waals surface area contributed by atoms with Crippen LogP contribution in [0.5, 0.6) is 0 Å². The minimum Gasteiger partial charge on any atom is -0.381 e. The molecule has 18 heavy (non-hydrogen) atoms. The summed E-state index contributed by atoms with van der Waals surface area (Å²) >= 11 is 0. The molecule has 106 valence electrons. The Morgan fingerprint density at radius 3 is 2.83 bits per heavy atom. The summed E-state index contributed by atoms with van der Waals surface area (Å²) < 4.78 is 5.49. The molecule has 1 N–H and O–H groups in total. The third kappa shape index (κ3) is 3.92. The fourth-order valence-electron chi connectivity index (χ4n) is 3.17. The molecule has 1 saturated carbocycles. The smallest absolute Gasteiger partial charge is 0.0586 e. The van der Waals surface area contributed by atoms with Crippen molar-refractivity contribution in [2.24, 2.45) is 0 Å². The van der Waals surface area contributed by atoms with Crippen LogP contribution < -0.4 is 5.32 Å². The van der Waals surface area contributed by atoms with Gasteiger partial charge in [0.15, 0.2) is 0 Å². The highest BCUT2D eigenvalue weighted by atomic mass is 16.5. The van der Waals surface area contributed by atoms with E-state index in [0.717, 1.165) is 6.54 Å². The lowest BCUT2D eigenvalue weighted by molar-refractivity contribution is 0.0548. The molecule has 1 aliphatic heterocycles. The van der Waals surface area contributed by atoms with Crippen molar-refractivity contribution >= 4 is 0 Å². The summed E-state index contributed by atoms with van der Waals surface area (Å²) in [5.41, 5.74) is 0. The monoisotopic (exact) mass is 255 g/mol. The first kappa shape index (κ1) is 14.3. The van der Waals surface area contributed by atoms with E-state index in [2.05, 4.69) is 29.2 Å². The topological polar surface area (TPSA) is 27.7 Å². The predicted octanol–water partition coefficient (Wildman–Crippen LogP) is 0.779. The molecule has 1 heterocycles. The predicted molar refractivity (Wildman–Crippen MR) is 75.0 cm³/mol. The lowest BCUT2D eigenvalue weighted by atomic mass is 9.92. The zero-order valence-electron chi connectivity index (χ0n) is 12.2. The zero-order valence-corrected chi connectivity index (χ0v) is 12.2. The van der Waals surface area contributed by atoms with E-state index in [9.17, 15) is 0 Å². The van der Waals surface area contributed by atoms with Crippen LogP contribution in [0, 0.1) is 0 Å². The second-order valence-corrected chi connectivity index (χ2v) is 6.03.